The van der Waals surface area contributed by atoms with Crippen LogP contribution in [0.3, 0.4) is 0 Å². The van der Waals surface area contributed by atoms with Crippen LogP contribution in [-0.2, 0) is 4.79 Å². The number of halogens is 1. The Morgan fingerprint density at radius 1 is 1.53 bits per heavy atom. The maximum absolute atomic E-state index is 11.8. The third-order valence-electron chi connectivity index (χ3n) is 2.63. The lowest BCUT2D eigenvalue weighted by Gasteiger charge is -2.14. The summed E-state index contributed by atoms with van der Waals surface area (Å²) in [6.07, 6.45) is 0. The molecule has 0 unspecified atom stereocenters. The van der Waals surface area contributed by atoms with E-state index in [2.05, 4.69) is 26.2 Å². The molecule has 1 aliphatic rings. The molecule has 0 saturated heterocycles. The van der Waals surface area contributed by atoms with E-state index in [-0.39, 0.29) is 11.9 Å². The maximum Gasteiger partial charge on any atom is 0.230 e. The summed E-state index contributed by atoms with van der Waals surface area (Å²) in [4.78, 5) is 16.2. The largest absolute Gasteiger partial charge is 0.349 e. The van der Waals surface area contributed by atoms with Crippen LogP contribution >= 0.6 is 39.5 Å². The lowest BCUT2D eigenvalue weighted by atomic mass is 10.1. The third kappa shape index (κ3) is 4.85. The Bertz CT molecular complexity index is 476. The summed E-state index contributed by atoms with van der Waals surface area (Å²) < 4.78 is 2.08. The number of hydrogen-bond donors (Lipinski definition) is 1. The fourth-order valence-corrected chi connectivity index (χ4v) is 3.73. The van der Waals surface area contributed by atoms with Gasteiger partial charge in [0.1, 0.15) is 4.38 Å². The smallest absolute Gasteiger partial charge is 0.230 e. The zero-order chi connectivity index (χ0) is 13.7. The van der Waals surface area contributed by atoms with Gasteiger partial charge < -0.3 is 5.32 Å². The van der Waals surface area contributed by atoms with Gasteiger partial charge >= 0.3 is 0 Å². The molecule has 0 aromatic heterocycles. The number of aliphatic imine (C=N–C) groups is 1. The fraction of sp³-hybridized carbons (Fsp3) is 0.385. The second kappa shape index (κ2) is 7.36. The molecular formula is C13H15BrN2OS2. The Hall–Kier alpha value is -0.460. The Balaban J connectivity index is 1.79. The SMILES string of the molecule is C[C@H](NC(=O)CSC1=NCCS1)c1ccc(Br)cc1. The van der Waals surface area contributed by atoms with Crippen LogP contribution in [0.4, 0.5) is 0 Å². The molecule has 0 spiro atoms. The van der Waals surface area contributed by atoms with Crippen LogP contribution in [-0.4, -0.2) is 28.3 Å². The van der Waals surface area contributed by atoms with Crippen molar-refractivity contribution in [2.45, 2.75) is 13.0 Å². The van der Waals surface area contributed by atoms with Gasteiger partial charge in [-0.25, -0.2) is 0 Å². The number of carbonyl (C=O) groups is 1. The number of nitrogens with one attached hydrogen (secondary N) is 1. The van der Waals surface area contributed by atoms with Gasteiger partial charge in [-0.15, -0.1) is 0 Å². The molecule has 1 aliphatic heterocycles. The lowest BCUT2D eigenvalue weighted by Crippen LogP contribution is -2.28. The van der Waals surface area contributed by atoms with E-state index in [1.165, 1.54) is 11.8 Å². The molecule has 1 heterocycles. The first kappa shape index (κ1) is 14.9. The van der Waals surface area contributed by atoms with Gasteiger partial charge in [0.2, 0.25) is 5.91 Å². The first-order chi connectivity index (χ1) is 9.15. The molecule has 1 atom stereocenters. The molecule has 0 saturated carbocycles. The molecule has 0 bridgehead atoms. The first-order valence-electron chi connectivity index (χ1n) is 6.00. The van der Waals surface area contributed by atoms with Crippen LogP contribution in [0.25, 0.3) is 0 Å². The van der Waals surface area contributed by atoms with E-state index < -0.39 is 0 Å². The summed E-state index contributed by atoms with van der Waals surface area (Å²) in [5.74, 6) is 1.53. The van der Waals surface area contributed by atoms with E-state index in [9.17, 15) is 4.79 Å². The molecule has 19 heavy (non-hydrogen) atoms. The summed E-state index contributed by atoms with van der Waals surface area (Å²) in [5, 5.41) is 3.00. The standard InChI is InChI=1S/C13H15BrN2OS2/c1-9(10-2-4-11(14)5-3-10)16-12(17)8-19-13-15-6-7-18-13/h2-5,9H,6-8H2,1H3,(H,16,17)/t9-/m0/s1. The van der Waals surface area contributed by atoms with Crippen LogP contribution < -0.4 is 5.32 Å². The van der Waals surface area contributed by atoms with E-state index in [1.807, 2.05) is 31.2 Å². The minimum atomic E-state index is 0.0272. The predicted octanol–water partition coefficient (Wildman–Crippen LogP) is 3.46. The van der Waals surface area contributed by atoms with Crippen LogP contribution in [0.1, 0.15) is 18.5 Å². The number of benzene rings is 1. The topological polar surface area (TPSA) is 41.5 Å². The highest BCUT2D eigenvalue weighted by Crippen LogP contribution is 2.22. The highest BCUT2D eigenvalue weighted by Gasteiger charge is 2.13. The van der Waals surface area contributed by atoms with Gasteiger partial charge in [0, 0.05) is 10.2 Å². The normalized spacial score (nSPS) is 16.0. The molecule has 6 heteroatoms. The number of nitrogens with zero attached hydrogens (tertiary/aromatic N) is 1. The highest BCUT2D eigenvalue weighted by atomic mass is 79.9. The Morgan fingerprint density at radius 2 is 2.26 bits per heavy atom. The number of hydrogen-bond acceptors (Lipinski definition) is 4. The summed E-state index contributed by atoms with van der Waals surface area (Å²) in [7, 11) is 0. The first-order valence-corrected chi connectivity index (χ1v) is 8.76. The van der Waals surface area contributed by atoms with Crippen LogP contribution in [0, 0.1) is 0 Å². The Morgan fingerprint density at radius 3 is 2.89 bits per heavy atom. The van der Waals surface area contributed by atoms with Crippen LogP contribution in [0.5, 0.6) is 0 Å². The average molecular weight is 359 g/mol. The molecule has 2 rings (SSSR count). The fourth-order valence-electron chi connectivity index (χ4n) is 1.65. The molecule has 1 N–H and O–H groups in total. The molecule has 0 fully saturated rings. The maximum atomic E-state index is 11.8. The number of rotatable bonds is 4. The van der Waals surface area contributed by atoms with Crippen molar-refractivity contribution in [1.82, 2.24) is 5.32 Å². The van der Waals surface area contributed by atoms with Crippen molar-refractivity contribution < 1.29 is 4.79 Å². The monoisotopic (exact) mass is 358 g/mol. The van der Waals surface area contributed by atoms with Crippen LogP contribution in [0.2, 0.25) is 0 Å². The lowest BCUT2D eigenvalue weighted by molar-refractivity contribution is -0.119. The molecular weight excluding hydrogens is 344 g/mol. The quantitative estimate of drug-likeness (QED) is 0.895. The van der Waals surface area contributed by atoms with Crippen molar-refractivity contribution in [3.63, 3.8) is 0 Å². The zero-order valence-electron chi connectivity index (χ0n) is 10.6. The van der Waals surface area contributed by atoms with Gasteiger partial charge in [-0.1, -0.05) is 51.6 Å². The molecule has 0 radical (unpaired) electrons. The van der Waals surface area contributed by atoms with E-state index >= 15 is 0 Å². The van der Waals surface area contributed by atoms with Crippen molar-refractivity contribution in [3.05, 3.63) is 34.3 Å². The van der Waals surface area contributed by atoms with E-state index in [0.29, 0.717) is 5.75 Å². The summed E-state index contributed by atoms with van der Waals surface area (Å²) >= 11 is 6.66. The van der Waals surface area contributed by atoms with Crippen molar-refractivity contribution in [2.75, 3.05) is 18.1 Å². The van der Waals surface area contributed by atoms with Gasteiger partial charge in [-0.3, -0.25) is 9.79 Å². The highest BCUT2D eigenvalue weighted by molar-refractivity contribution is 9.10. The summed E-state index contributed by atoms with van der Waals surface area (Å²) in [5.41, 5.74) is 1.11. The van der Waals surface area contributed by atoms with Gasteiger partial charge in [0.25, 0.3) is 0 Å². The Labute approximate surface area is 130 Å². The number of thioether (sulfide) groups is 2. The minimum absolute atomic E-state index is 0.0272. The van der Waals surface area contributed by atoms with E-state index in [4.69, 9.17) is 0 Å². The van der Waals surface area contributed by atoms with E-state index in [1.54, 1.807) is 11.8 Å². The van der Waals surface area contributed by atoms with Gasteiger partial charge in [0.15, 0.2) is 0 Å². The van der Waals surface area contributed by atoms with Crippen molar-refractivity contribution >= 4 is 49.7 Å². The molecule has 1 aromatic carbocycles. The second-order valence-corrected chi connectivity index (χ2v) is 7.35. The summed E-state index contributed by atoms with van der Waals surface area (Å²) in [6.45, 7) is 2.87. The summed E-state index contributed by atoms with van der Waals surface area (Å²) in [6, 6.07) is 8.02. The van der Waals surface area contributed by atoms with Gasteiger partial charge in [-0.2, -0.15) is 0 Å². The van der Waals surface area contributed by atoms with Crippen LogP contribution in [0.15, 0.2) is 33.7 Å². The predicted molar refractivity (Wildman–Crippen MR) is 87.9 cm³/mol. The van der Waals surface area contributed by atoms with Crippen molar-refractivity contribution in [1.29, 1.82) is 0 Å². The van der Waals surface area contributed by atoms with Gasteiger partial charge in [0.05, 0.1) is 18.3 Å². The van der Waals surface area contributed by atoms with E-state index in [0.717, 1.165) is 26.7 Å². The average Bonchev–Trinajstić information content (AvgIpc) is 2.90. The number of carbonyl (C=O) groups excluding carboxylic acids is 1. The molecule has 0 aliphatic carbocycles. The van der Waals surface area contributed by atoms with Gasteiger partial charge in [-0.05, 0) is 24.6 Å². The minimum Gasteiger partial charge on any atom is -0.349 e. The molecule has 1 amide bonds. The molecule has 3 nitrogen and oxygen atoms in total. The Kier molecular flexibility index (Phi) is 5.78. The molecule has 1 aromatic rings. The van der Waals surface area contributed by atoms with Crippen molar-refractivity contribution in [2.24, 2.45) is 4.99 Å². The number of amides is 1. The molecule has 102 valence electrons. The van der Waals surface area contributed by atoms with Crippen molar-refractivity contribution in [3.8, 4) is 0 Å². The third-order valence-corrected chi connectivity index (χ3v) is 5.41. The second-order valence-electron chi connectivity index (χ2n) is 4.13. The zero-order valence-corrected chi connectivity index (χ0v) is 13.8.